The fourth-order valence-corrected chi connectivity index (χ4v) is 3.74. The molecule has 0 radical (unpaired) electrons. The maximum absolute atomic E-state index is 2.69. The van der Waals surface area contributed by atoms with Crippen LogP contribution in [0.3, 0.4) is 0 Å². The fourth-order valence-electron chi connectivity index (χ4n) is 3.74. The number of nitrogens with zero attached hydrogens (tertiary/aromatic N) is 3. The molecule has 2 aliphatic heterocycles. The van der Waals surface area contributed by atoms with Gasteiger partial charge in [-0.1, -0.05) is 12.1 Å². The summed E-state index contributed by atoms with van der Waals surface area (Å²) >= 11 is 0. The highest BCUT2D eigenvalue weighted by Gasteiger charge is 2.36. The van der Waals surface area contributed by atoms with Gasteiger partial charge < -0.3 is 4.90 Å². The highest BCUT2D eigenvalue weighted by Crippen LogP contribution is 2.27. The van der Waals surface area contributed by atoms with Crippen LogP contribution in [0.15, 0.2) is 24.3 Å². The Hall–Kier alpha value is -1.06. The number of anilines is 1. The monoisotopic (exact) mass is 273 g/mol. The number of benzene rings is 1. The Morgan fingerprint density at radius 2 is 1.85 bits per heavy atom. The zero-order chi connectivity index (χ0) is 14.1. The summed E-state index contributed by atoms with van der Waals surface area (Å²) in [6, 6.07) is 10.5. The minimum atomic E-state index is 0.694. The topological polar surface area (TPSA) is 9.72 Å². The summed E-state index contributed by atoms with van der Waals surface area (Å²) in [6.45, 7) is 7.30. The van der Waals surface area contributed by atoms with Gasteiger partial charge in [0.25, 0.3) is 0 Å². The van der Waals surface area contributed by atoms with Crippen molar-refractivity contribution in [2.75, 3.05) is 38.6 Å². The van der Waals surface area contributed by atoms with Crippen molar-refractivity contribution in [2.24, 2.45) is 0 Å². The van der Waals surface area contributed by atoms with Gasteiger partial charge in [0.05, 0.1) is 0 Å². The van der Waals surface area contributed by atoms with Crippen LogP contribution in [-0.4, -0.2) is 55.6 Å². The van der Waals surface area contributed by atoms with Crippen LogP contribution in [0.5, 0.6) is 0 Å². The van der Waals surface area contributed by atoms with Crippen LogP contribution in [0.4, 0.5) is 5.69 Å². The molecule has 110 valence electrons. The lowest BCUT2D eigenvalue weighted by Gasteiger charge is -2.43. The molecule has 2 fully saturated rings. The average molecular weight is 273 g/mol. The number of rotatable bonds is 3. The molecule has 3 heteroatoms. The van der Waals surface area contributed by atoms with Gasteiger partial charge in [0.15, 0.2) is 0 Å². The molecule has 20 heavy (non-hydrogen) atoms. The zero-order valence-electron chi connectivity index (χ0n) is 13.0. The van der Waals surface area contributed by atoms with Crippen LogP contribution < -0.4 is 4.90 Å². The van der Waals surface area contributed by atoms with Crippen LogP contribution >= 0.6 is 0 Å². The van der Waals surface area contributed by atoms with E-state index in [-0.39, 0.29) is 0 Å². The van der Waals surface area contributed by atoms with Crippen LogP contribution in [-0.2, 0) is 6.54 Å². The average Bonchev–Trinajstić information content (AvgIpc) is 2.92. The summed E-state index contributed by atoms with van der Waals surface area (Å²) < 4.78 is 0. The normalized spacial score (nSPS) is 27.6. The molecule has 1 aromatic rings. The number of piperazine rings is 1. The fraction of sp³-hybridized carbons (Fsp3) is 0.647. The lowest BCUT2D eigenvalue weighted by atomic mass is 10.0. The number of hydrogen-bond acceptors (Lipinski definition) is 3. The first-order valence-electron chi connectivity index (χ1n) is 7.89. The van der Waals surface area contributed by atoms with E-state index in [0.29, 0.717) is 6.04 Å². The van der Waals surface area contributed by atoms with Gasteiger partial charge in [0.1, 0.15) is 0 Å². The Labute approximate surface area is 123 Å². The summed E-state index contributed by atoms with van der Waals surface area (Å²) in [5.74, 6) is 0. The first kappa shape index (κ1) is 13.9. The molecule has 0 amide bonds. The minimum Gasteiger partial charge on any atom is -0.378 e. The van der Waals surface area contributed by atoms with Crippen LogP contribution in [0.25, 0.3) is 0 Å². The van der Waals surface area contributed by atoms with Gasteiger partial charge in [-0.15, -0.1) is 0 Å². The summed E-state index contributed by atoms with van der Waals surface area (Å²) in [5.41, 5.74) is 2.72. The number of hydrogen-bond donors (Lipinski definition) is 0. The van der Waals surface area contributed by atoms with Crippen LogP contribution in [0.1, 0.15) is 25.3 Å². The molecule has 3 nitrogen and oxygen atoms in total. The molecule has 1 aromatic carbocycles. The van der Waals surface area contributed by atoms with E-state index in [2.05, 4.69) is 60.0 Å². The van der Waals surface area contributed by atoms with Gasteiger partial charge in [-0.05, 0) is 44.0 Å². The first-order chi connectivity index (χ1) is 9.65. The van der Waals surface area contributed by atoms with Gasteiger partial charge in [-0.25, -0.2) is 0 Å². The van der Waals surface area contributed by atoms with E-state index in [0.717, 1.165) is 12.6 Å². The second kappa shape index (κ2) is 5.74. The van der Waals surface area contributed by atoms with Crippen molar-refractivity contribution >= 4 is 5.69 Å². The highest BCUT2D eigenvalue weighted by molar-refractivity contribution is 5.45. The minimum absolute atomic E-state index is 0.694. The molecule has 2 heterocycles. The van der Waals surface area contributed by atoms with E-state index in [4.69, 9.17) is 0 Å². The largest absolute Gasteiger partial charge is 0.378 e. The van der Waals surface area contributed by atoms with Gasteiger partial charge in [-0.3, -0.25) is 9.80 Å². The van der Waals surface area contributed by atoms with E-state index < -0.39 is 0 Å². The van der Waals surface area contributed by atoms with E-state index in [9.17, 15) is 0 Å². The predicted octanol–water partition coefficient (Wildman–Crippen LogP) is 2.42. The van der Waals surface area contributed by atoms with Crippen molar-refractivity contribution in [3.63, 3.8) is 0 Å². The zero-order valence-corrected chi connectivity index (χ0v) is 13.0. The SMILES string of the molecule is C[C@@H]1[C@@H]2CCCN2CCN1Cc1ccc(N(C)C)cc1. The molecule has 3 rings (SSSR count). The molecular weight excluding hydrogens is 246 g/mol. The summed E-state index contributed by atoms with van der Waals surface area (Å²) in [6.07, 6.45) is 2.78. The second-order valence-corrected chi connectivity index (χ2v) is 6.52. The van der Waals surface area contributed by atoms with Crippen molar-refractivity contribution in [3.8, 4) is 0 Å². The summed E-state index contributed by atoms with van der Waals surface area (Å²) in [4.78, 5) is 7.51. The maximum atomic E-state index is 2.69. The Balaban J connectivity index is 1.65. The second-order valence-electron chi connectivity index (χ2n) is 6.52. The van der Waals surface area contributed by atoms with Gasteiger partial charge in [0, 0.05) is 51.5 Å². The maximum Gasteiger partial charge on any atom is 0.0361 e. The summed E-state index contributed by atoms with van der Waals surface area (Å²) in [7, 11) is 4.19. The smallest absolute Gasteiger partial charge is 0.0361 e. The summed E-state index contributed by atoms with van der Waals surface area (Å²) in [5, 5.41) is 0. The molecular formula is C17H27N3. The lowest BCUT2D eigenvalue weighted by Crippen LogP contribution is -2.55. The molecule has 0 saturated carbocycles. The quantitative estimate of drug-likeness (QED) is 0.837. The third-order valence-corrected chi connectivity index (χ3v) is 5.06. The van der Waals surface area contributed by atoms with E-state index in [1.165, 1.54) is 43.7 Å². The van der Waals surface area contributed by atoms with Gasteiger partial charge in [-0.2, -0.15) is 0 Å². The molecule has 0 spiro atoms. The van der Waals surface area contributed by atoms with Gasteiger partial charge in [0.2, 0.25) is 0 Å². The standard InChI is InChI=1S/C17H27N3/c1-14-17-5-4-10-19(17)11-12-20(14)13-15-6-8-16(9-7-15)18(2)3/h6-9,14,17H,4-5,10-13H2,1-3H3/t14-,17+/m1/s1. The van der Waals surface area contributed by atoms with Crippen molar-refractivity contribution in [2.45, 2.75) is 38.4 Å². The molecule has 0 bridgehead atoms. The Morgan fingerprint density at radius 3 is 2.55 bits per heavy atom. The number of fused-ring (bicyclic) bond motifs is 1. The highest BCUT2D eigenvalue weighted by atomic mass is 15.3. The van der Waals surface area contributed by atoms with Crippen molar-refractivity contribution in [1.82, 2.24) is 9.80 Å². The third-order valence-electron chi connectivity index (χ3n) is 5.06. The first-order valence-corrected chi connectivity index (χ1v) is 7.89. The molecule has 0 unspecified atom stereocenters. The molecule has 0 N–H and O–H groups in total. The Kier molecular flexibility index (Phi) is 3.99. The van der Waals surface area contributed by atoms with Crippen LogP contribution in [0, 0.1) is 0 Å². The van der Waals surface area contributed by atoms with E-state index in [1.807, 2.05) is 0 Å². The molecule has 0 aromatic heterocycles. The lowest BCUT2D eigenvalue weighted by molar-refractivity contribution is 0.0470. The third kappa shape index (κ3) is 2.70. The van der Waals surface area contributed by atoms with Crippen molar-refractivity contribution in [1.29, 1.82) is 0 Å². The van der Waals surface area contributed by atoms with E-state index in [1.54, 1.807) is 0 Å². The molecule has 2 aliphatic rings. The van der Waals surface area contributed by atoms with E-state index >= 15 is 0 Å². The van der Waals surface area contributed by atoms with Crippen molar-refractivity contribution in [3.05, 3.63) is 29.8 Å². The van der Waals surface area contributed by atoms with Crippen molar-refractivity contribution < 1.29 is 0 Å². The van der Waals surface area contributed by atoms with Gasteiger partial charge >= 0.3 is 0 Å². The molecule has 2 saturated heterocycles. The Morgan fingerprint density at radius 1 is 1.10 bits per heavy atom. The molecule has 0 aliphatic carbocycles. The predicted molar refractivity (Wildman–Crippen MR) is 85.2 cm³/mol. The molecule has 2 atom stereocenters. The van der Waals surface area contributed by atoms with Crippen LogP contribution in [0.2, 0.25) is 0 Å². The Bertz CT molecular complexity index is 440.